The second-order valence-electron chi connectivity index (χ2n) is 2.38. The molecule has 0 saturated carbocycles. The minimum atomic E-state index is -0.428. The fraction of sp³-hybridized carbons (Fsp3) is 0. The highest BCUT2D eigenvalue weighted by Crippen LogP contribution is 2.36. The summed E-state index contributed by atoms with van der Waals surface area (Å²) < 4.78 is 14.1. The van der Waals surface area contributed by atoms with Crippen molar-refractivity contribution >= 4 is 54.2 Å². The molecule has 2 aromatic rings. The van der Waals surface area contributed by atoms with Gasteiger partial charge in [0.2, 0.25) is 0 Å². The number of benzene rings is 1. The molecule has 0 aliphatic heterocycles. The van der Waals surface area contributed by atoms with Gasteiger partial charge in [0.05, 0.1) is 14.2 Å². The number of nitrogens with zero attached hydrogens (tertiary/aromatic N) is 1. The van der Waals surface area contributed by atoms with Crippen LogP contribution in [0.2, 0.25) is 5.02 Å². The van der Waals surface area contributed by atoms with Crippen molar-refractivity contribution in [2.24, 2.45) is 0 Å². The summed E-state index contributed by atoms with van der Waals surface area (Å²) in [6.07, 6.45) is 0. The quantitative estimate of drug-likeness (QED) is 0.751. The van der Waals surface area contributed by atoms with Gasteiger partial charge in [0.1, 0.15) is 11.3 Å². The zero-order valence-electron chi connectivity index (χ0n) is 6.14. The lowest BCUT2D eigenvalue weighted by atomic mass is 10.3. The third-order valence-electron chi connectivity index (χ3n) is 1.53. The van der Waals surface area contributed by atoms with Crippen molar-refractivity contribution in [1.82, 2.24) is 4.98 Å². The van der Waals surface area contributed by atoms with Crippen LogP contribution < -0.4 is 5.73 Å². The molecular weight excluding hydrogens is 279 g/mol. The van der Waals surface area contributed by atoms with Crippen LogP contribution in [0, 0.1) is 5.82 Å². The molecule has 0 amide bonds. The topological polar surface area (TPSA) is 38.9 Å². The highest BCUT2D eigenvalue weighted by atomic mass is 79.9. The van der Waals surface area contributed by atoms with E-state index >= 15 is 0 Å². The lowest BCUT2D eigenvalue weighted by Crippen LogP contribution is -1.82. The third kappa shape index (κ3) is 1.41. The van der Waals surface area contributed by atoms with Crippen LogP contribution >= 0.6 is 38.9 Å². The molecule has 2 rings (SSSR count). The minimum Gasteiger partial charge on any atom is -0.375 e. The maximum Gasteiger partial charge on any atom is 0.181 e. The Balaban J connectivity index is 2.95. The van der Waals surface area contributed by atoms with Crippen LogP contribution in [0.1, 0.15) is 0 Å². The van der Waals surface area contributed by atoms with E-state index in [1.165, 1.54) is 17.4 Å². The third-order valence-corrected chi connectivity index (χ3v) is 3.61. The van der Waals surface area contributed by atoms with Gasteiger partial charge in [-0.05, 0) is 22.0 Å². The van der Waals surface area contributed by atoms with Crippen molar-refractivity contribution in [1.29, 1.82) is 0 Å². The van der Waals surface area contributed by atoms with E-state index in [9.17, 15) is 4.39 Å². The zero-order chi connectivity index (χ0) is 9.59. The molecule has 68 valence electrons. The van der Waals surface area contributed by atoms with Crippen molar-refractivity contribution in [3.8, 4) is 0 Å². The summed E-state index contributed by atoms with van der Waals surface area (Å²) >= 11 is 10.1. The van der Waals surface area contributed by atoms with Gasteiger partial charge in [0.15, 0.2) is 5.13 Å². The van der Waals surface area contributed by atoms with E-state index in [4.69, 9.17) is 17.3 Å². The molecule has 0 spiro atoms. The van der Waals surface area contributed by atoms with Gasteiger partial charge in [0, 0.05) is 0 Å². The predicted octanol–water partition coefficient (Wildman–Crippen LogP) is 3.43. The highest BCUT2D eigenvalue weighted by Gasteiger charge is 2.13. The Bertz CT molecular complexity index is 485. The molecule has 6 heteroatoms. The van der Waals surface area contributed by atoms with Crippen LogP contribution in [0.25, 0.3) is 10.2 Å². The molecule has 0 unspecified atom stereocenters. The van der Waals surface area contributed by atoms with E-state index < -0.39 is 5.82 Å². The molecule has 13 heavy (non-hydrogen) atoms. The summed E-state index contributed by atoms with van der Waals surface area (Å²) in [4.78, 5) is 3.96. The Kier molecular flexibility index (Phi) is 2.17. The monoisotopic (exact) mass is 280 g/mol. The van der Waals surface area contributed by atoms with Crippen LogP contribution in [0.3, 0.4) is 0 Å². The number of aromatic nitrogens is 1. The van der Waals surface area contributed by atoms with Crippen LogP contribution in [-0.2, 0) is 0 Å². The van der Waals surface area contributed by atoms with Gasteiger partial charge >= 0.3 is 0 Å². The van der Waals surface area contributed by atoms with E-state index in [1.54, 1.807) is 0 Å². The number of halogens is 3. The number of thiazole rings is 1. The van der Waals surface area contributed by atoms with Crippen molar-refractivity contribution in [3.63, 3.8) is 0 Å². The first-order valence-corrected chi connectivity index (χ1v) is 5.28. The van der Waals surface area contributed by atoms with Crippen molar-refractivity contribution in [2.75, 3.05) is 5.73 Å². The molecule has 0 aliphatic rings. The SMILES string of the molecule is Nc1nc2c(Br)c(F)cc(Cl)c2s1. The average Bonchev–Trinajstić information content (AvgIpc) is 2.44. The summed E-state index contributed by atoms with van der Waals surface area (Å²) in [7, 11) is 0. The Hall–Kier alpha value is -0.390. The van der Waals surface area contributed by atoms with Gasteiger partial charge in [-0.1, -0.05) is 22.9 Å². The first kappa shape index (κ1) is 9.18. The number of nitrogens with two attached hydrogens (primary N) is 1. The second kappa shape index (κ2) is 3.08. The van der Waals surface area contributed by atoms with E-state index in [0.29, 0.717) is 24.8 Å². The predicted molar refractivity (Wildman–Crippen MR) is 56.7 cm³/mol. The molecule has 2 N–H and O–H groups in total. The first-order valence-electron chi connectivity index (χ1n) is 3.29. The summed E-state index contributed by atoms with van der Waals surface area (Å²) in [5, 5.41) is 0.716. The fourth-order valence-electron chi connectivity index (χ4n) is 1.00. The number of hydrogen-bond donors (Lipinski definition) is 1. The summed E-state index contributed by atoms with van der Waals surface area (Å²) in [5.41, 5.74) is 5.96. The number of anilines is 1. The molecule has 1 aromatic heterocycles. The van der Waals surface area contributed by atoms with Crippen molar-refractivity contribution < 1.29 is 4.39 Å². The van der Waals surface area contributed by atoms with Gasteiger partial charge in [-0.3, -0.25) is 0 Å². The number of fused-ring (bicyclic) bond motifs is 1. The molecule has 1 heterocycles. The van der Waals surface area contributed by atoms with Gasteiger partial charge in [-0.2, -0.15) is 0 Å². The summed E-state index contributed by atoms with van der Waals surface area (Å²) in [5.74, 6) is -0.428. The van der Waals surface area contributed by atoms with Crippen molar-refractivity contribution in [3.05, 3.63) is 21.4 Å². The normalized spacial score (nSPS) is 11.0. The van der Waals surface area contributed by atoms with Gasteiger partial charge < -0.3 is 5.73 Å². The first-order chi connectivity index (χ1) is 6.09. The Morgan fingerprint density at radius 3 is 3.00 bits per heavy atom. The number of nitrogen functional groups attached to an aromatic ring is 1. The van der Waals surface area contributed by atoms with Crippen molar-refractivity contribution in [2.45, 2.75) is 0 Å². The smallest absolute Gasteiger partial charge is 0.181 e. The largest absolute Gasteiger partial charge is 0.375 e. The van der Waals surface area contributed by atoms with E-state index in [0.717, 1.165) is 0 Å². The van der Waals surface area contributed by atoms with Crippen LogP contribution in [0.5, 0.6) is 0 Å². The van der Waals surface area contributed by atoms with Gasteiger partial charge in [-0.25, -0.2) is 9.37 Å². The fourth-order valence-corrected chi connectivity index (χ4v) is 2.58. The standard InChI is InChI=1S/C7H3BrClFN2S/c8-4-3(10)1-2(9)6-5(4)12-7(11)13-6/h1H,(H2,11,12). The molecule has 0 atom stereocenters. The van der Waals surface area contributed by atoms with Crippen LogP contribution in [0.4, 0.5) is 9.52 Å². The second-order valence-corrected chi connectivity index (χ2v) is 4.61. The molecule has 0 saturated heterocycles. The lowest BCUT2D eigenvalue weighted by molar-refractivity contribution is 0.623. The van der Waals surface area contributed by atoms with Gasteiger partial charge in [-0.15, -0.1) is 0 Å². The highest BCUT2D eigenvalue weighted by molar-refractivity contribution is 9.10. The van der Waals surface area contributed by atoms with E-state index in [-0.39, 0.29) is 0 Å². The van der Waals surface area contributed by atoms with E-state index in [1.807, 2.05) is 0 Å². The molecule has 0 bridgehead atoms. The molecular formula is C7H3BrClFN2S. The zero-order valence-corrected chi connectivity index (χ0v) is 9.30. The number of rotatable bonds is 0. The van der Waals surface area contributed by atoms with Gasteiger partial charge in [0.25, 0.3) is 0 Å². The molecule has 0 aliphatic carbocycles. The molecule has 0 fully saturated rings. The Labute approximate surface area is 90.6 Å². The minimum absolute atomic E-state index is 0.305. The van der Waals surface area contributed by atoms with E-state index in [2.05, 4.69) is 20.9 Å². The lowest BCUT2D eigenvalue weighted by Gasteiger charge is -1.96. The summed E-state index contributed by atoms with van der Waals surface area (Å²) in [6, 6.07) is 1.24. The Morgan fingerprint density at radius 2 is 2.31 bits per heavy atom. The van der Waals surface area contributed by atoms with Crippen LogP contribution in [-0.4, -0.2) is 4.98 Å². The Morgan fingerprint density at radius 1 is 1.62 bits per heavy atom. The average molecular weight is 282 g/mol. The maximum atomic E-state index is 13.1. The molecule has 2 nitrogen and oxygen atoms in total. The summed E-state index contributed by atoms with van der Waals surface area (Å²) in [6.45, 7) is 0. The number of hydrogen-bond acceptors (Lipinski definition) is 3. The van der Waals surface area contributed by atoms with Crippen LogP contribution in [0.15, 0.2) is 10.5 Å². The molecule has 0 radical (unpaired) electrons. The molecule has 1 aromatic carbocycles. The maximum absolute atomic E-state index is 13.1.